The fraction of sp³-hybridized carbons (Fsp3) is 0.304. The molecule has 0 radical (unpaired) electrons. The van der Waals surface area contributed by atoms with Gasteiger partial charge in [0.25, 0.3) is 0 Å². The van der Waals surface area contributed by atoms with Crippen LogP contribution in [0.4, 0.5) is 14.7 Å². The lowest BCUT2D eigenvalue weighted by atomic mass is 10.1. The lowest BCUT2D eigenvalue weighted by Crippen LogP contribution is -2.37. The highest BCUT2D eigenvalue weighted by Crippen LogP contribution is 2.37. The fourth-order valence-corrected chi connectivity index (χ4v) is 4.50. The second-order valence-corrected chi connectivity index (χ2v) is 9.19. The van der Waals surface area contributed by atoms with Crippen LogP contribution in [0, 0.1) is 18.6 Å². The molecule has 0 N–H and O–H groups in total. The number of ether oxygens (including phenoxy) is 1. The molecule has 0 spiro atoms. The van der Waals surface area contributed by atoms with E-state index in [0.29, 0.717) is 65.9 Å². The Morgan fingerprint density at radius 1 is 1.06 bits per heavy atom. The third-order valence-corrected chi connectivity index (χ3v) is 6.51. The number of hydrogen-bond acceptors (Lipinski definition) is 8. The van der Waals surface area contributed by atoms with Gasteiger partial charge >= 0.3 is 0 Å². The van der Waals surface area contributed by atoms with Crippen molar-refractivity contribution in [1.82, 2.24) is 24.9 Å². The summed E-state index contributed by atoms with van der Waals surface area (Å²) in [6.07, 6.45) is 0. The van der Waals surface area contributed by atoms with Crippen molar-refractivity contribution in [2.75, 3.05) is 31.2 Å². The largest absolute Gasteiger partial charge is 0.378 e. The van der Waals surface area contributed by atoms with Crippen LogP contribution in [-0.4, -0.2) is 51.2 Å². The summed E-state index contributed by atoms with van der Waals surface area (Å²) in [5, 5.41) is 13.1. The van der Waals surface area contributed by atoms with Crippen molar-refractivity contribution in [1.29, 1.82) is 0 Å². The number of halogens is 2. The average Bonchev–Trinajstić information content (AvgIpc) is 3.49. The Balaban J connectivity index is 1.44. The Hall–Kier alpha value is -3.31. The number of nitrogens with zero attached hydrogens (tertiary/aromatic N) is 6. The van der Waals surface area contributed by atoms with Crippen LogP contribution in [0.2, 0.25) is 0 Å². The van der Waals surface area contributed by atoms with Crippen molar-refractivity contribution in [2.45, 2.75) is 24.3 Å². The van der Waals surface area contributed by atoms with Crippen LogP contribution < -0.4 is 4.90 Å². The molecule has 0 bridgehead atoms. The topological polar surface area (TPSA) is 82.1 Å². The molecule has 0 aliphatic carbocycles. The summed E-state index contributed by atoms with van der Waals surface area (Å²) in [7, 11) is 0. The minimum absolute atomic E-state index is 0.286. The zero-order valence-corrected chi connectivity index (χ0v) is 19.4. The quantitative estimate of drug-likeness (QED) is 0.368. The van der Waals surface area contributed by atoms with Gasteiger partial charge in [-0.2, -0.15) is 4.98 Å². The predicted molar refractivity (Wildman–Crippen MR) is 123 cm³/mol. The number of hydrogen-bond donors (Lipinski definition) is 0. The van der Waals surface area contributed by atoms with Crippen LogP contribution >= 0.6 is 11.8 Å². The first kappa shape index (κ1) is 22.5. The maximum atomic E-state index is 14.1. The van der Waals surface area contributed by atoms with Gasteiger partial charge in [-0.1, -0.05) is 35.1 Å². The molecule has 2 aromatic carbocycles. The zero-order valence-electron chi connectivity index (χ0n) is 18.6. The average molecular weight is 485 g/mol. The third-order valence-electron chi connectivity index (χ3n) is 5.48. The van der Waals surface area contributed by atoms with Crippen LogP contribution in [0.15, 0.2) is 52.1 Å². The van der Waals surface area contributed by atoms with Gasteiger partial charge in [0.2, 0.25) is 17.7 Å². The summed E-state index contributed by atoms with van der Waals surface area (Å²) in [6, 6.07) is 11.1. The molecule has 8 nitrogen and oxygen atoms in total. The normalized spacial score (nSPS) is 15.0. The van der Waals surface area contributed by atoms with Gasteiger partial charge in [0.15, 0.2) is 5.16 Å². The number of morpholine rings is 1. The number of aryl methyl sites for hydroxylation is 1. The molecule has 1 aliphatic rings. The van der Waals surface area contributed by atoms with Gasteiger partial charge in [-0.15, -0.1) is 10.2 Å². The van der Waals surface area contributed by atoms with E-state index < -0.39 is 0 Å². The first-order valence-electron chi connectivity index (χ1n) is 10.8. The molecule has 4 aromatic rings. The zero-order chi connectivity index (χ0) is 23.7. The lowest BCUT2D eigenvalue weighted by molar-refractivity contribution is 0.122. The minimum atomic E-state index is -0.352. The minimum Gasteiger partial charge on any atom is -0.378 e. The first-order chi connectivity index (χ1) is 16.5. The summed E-state index contributed by atoms with van der Waals surface area (Å²) < 4.78 is 40.8. The lowest BCUT2D eigenvalue weighted by Gasteiger charge is -2.28. The second kappa shape index (κ2) is 9.51. The summed E-state index contributed by atoms with van der Waals surface area (Å²) in [6.45, 7) is 6.08. The summed E-state index contributed by atoms with van der Waals surface area (Å²) in [5.74, 6) is 0.606. The van der Waals surface area contributed by atoms with Gasteiger partial charge in [-0.3, -0.25) is 4.57 Å². The van der Waals surface area contributed by atoms with Crippen LogP contribution in [0.5, 0.6) is 0 Å². The van der Waals surface area contributed by atoms with E-state index in [4.69, 9.17) is 9.26 Å². The maximum Gasteiger partial charge on any atom is 0.240 e. The maximum absolute atomic E-state index is 14.1. The van der Waals surface area contributed by atoms with Crippen LogP contribution in [0.25, 0.3) is 17.1 Å². The smallest absolute Gasteiger partial charge is 0.240 e. The molecule has 34 heavy (non-hydrogen) atoms. The molecule has 1 unspecified atom stereocenters. The third kappa shape index (κ3) is 4.53. The monoisotopic (exact) mass is 484 g/mol. The summed E-state index contributed by atoms with van der Waals surface area (Å²) >= 11 is 1.36. The standard InChI is InChI=1S/C23H22F2N6O2S/c1-14-6-7-16(12-19(14)25)20-26-21(33-29-20)15(2)34-23-28-27-22(30-8-10-32-11-9-30)31(23)18-5-3-4-17(24)13-18/h3-7,12-13,15H,8-11H2,1-2H3. The predicted octanol–water partition coefficient (Wildman–Crippen LogP) is 4.59. The molecule has 3 heterocycles. The second-order valence-electron chi connectivity index (χ2n) is 7.88. The Labute approximate surface area is 198 Å². The van der Waals surface area contributed by atoms with Crippen LogP contribution in [0.1, 0.15) is 23.6 Å². The molecule has 1 saturated heterocycles. The molecular formula is C23H22F2N6O2S. The first-order valence-corrected chi connectivity index (χ1v) is 11.7. The molecule has 0 amide bonds. The van der Waals surface area contributed by atoms with E-state index in [1.54, 1.807) is 25.1 Å². The number of benzene rings is 2. The molecule has 1 aliphatic heterocycles. The van der Waals surface area contributed by atoms with Crippen molar-refractivity contribution in [2.24, 2.45) is 0 Å². The van der Waals surface area contributed by atoms with E-state index in [1.165, 1.54) is 30.0 Å². The number of thioether (sulfide) groups is 1. The highest BCUT2D eigenvalue weighted by Gasteiger charge is 2.25. The Morgan fingerprint density at radius 2 is 1.88 bits per heavy atom. The van der Waals surface area contributed by atoms with E-state index in [2.05, 4.69) is 25.2 Å². The number of rotatable bonds is 6. The van der Waals surface area contributed by atoms with Gasteiger partial charge in [-0.05, 0) is 43.7 Å². The highest BCUT2D eigenvalue weighted by atomic mass is 32.2. The van der Waals surface area contributed by atoms with Gasteiger partial charge < -0.3 is 14.2 Å². The molecule has 0 saturated carbocycles. The highest BCUT2D eigenvalue weighted by molar-refractivity contribution is 7.99. The molecule has 5 rings (SSSR count). The van der Waals surface area contributed by atoms with E-state index in [-0.39, 0.29) is 16.9 Å². The molecular weight excluding hydrogens is 462 g/mol. The molecule has 11 heteroatoms. The SMILES string of the molecule is Cc1ccc(-c2noc(C(C)Sc3nnc(N4CCOCC4)n3-c3cccc(F)c3)n2)cc1F. The van der Waals surface area contributed by atoms with Crippen molar-refractivity contribution in [3.8, 4) is 17.1 Å². The van der Waals surface area contributed by atoms with Crippen molar-refractivity contribution >= 4 is 17.7 Å². The van der Waals surface area contributed by atoms with E-state index >= 15 is 0 Å². The molecule has 1 atom stereocenters. The fourth-order valence-electron chi connectivity index (χ4n) is 3.61. The van der Waals surface area contributed by atoms with Crippen LogP contribution in [0.3, 0.4) is 0 Å². The van der Waals surface area contributed by atoms with Crippen molar-refractivity contribution in [3.05, 3.63) is 65.6 Å². The van der Waals surface area contributed by atoms with Crippen molar-refractivity contribution < 1.29 is 18.0 Å². The van der Waals surface area contributed by atoms with E-state index in [1.807, 2.05) is 17.6 Å². The number of anilines is 1. The summed E-state index contributed by atoms with van der Waals surface area (Å²) in [4.78, 5) is 6.51. The van der Waals surface area contributed by atoms with E-state index in [0.717, 1.165) is 0 Å². The van der Waals surface area contributed by atoms with Crippen molar-refractivity contribution in [3.63, 3.8) is 0 Å². The Kier molecular flexibility index (Phi) is 6.29. The summed E-state index contributed by atoms with van der Waals surface area (Å²) in [5.41, 5.74) is 1.69. The molecule has 2 aromatic heterocycles. The van der Waals surface area contributed by atoms with Gasteiger partial charge in [-0.25, -0.2) is 8.78 Å². The molecule has 176 valence electrons. The molecule has 1 fully saturated rings. The Bertz CT molecular complexity index is 1300. The Morgan fingerprint density at radius 3 is 2.65 bits per heavy atom. The van der Waals surface area contributed by atoms with Gasteiger partial charge in [0.1, 0.15) is 11.6 Å². The number of aromatic nitrogens is 5. The van der Waals surface area contributed by atoms with E-state index in [9.17, 15) is 8.78 Å². The van der Waals surface area contributed by atoms with Gasteiger partial charge in [0.05, 0.1) is 24.2 Å². The van der Waals surface area contributed by atoms with Crippen LogP contribution in [-0.2, 0) is 4.74 Å². The van der Waals surface area contributed by atoms with Gasteiger partial charge in [0, 0.05) is 18.7 Å².